The second kappa shape index (κ2) is 6.09. The number of anilines is 1. The van der Waals surface area contributed by atoms with Crippen molar-refractivity contribution in [3.8, 4) is 0 Å². The molecule has 3 amide bonds. The number of benzene rings is 1. The highest BCUT2D eigenvalue weighted by atomic mass is 16.5. The molecule has 2 aliphatic heterocycles. The van der Waals surface area contributed by atoms with E-state index in [0.29, 0.717) is 6.42 Å². The summed E-state index contributed by atoms with van der Waals surface area (Å²) in [6.45, 7) is 0. The average Bonchev–Trinajstić information content (AvgIpc) is 2.87. The van der Waals surface area contributed by atoms with Crippen molar-refractivity contribution < 1.29 is 23.9 Å². The van der Waals surface area contributed by atoms with Crippen molar-refractivity contribution in [2.75, 3.05) is 12.4 Å². The van der Waals surface area contributed by atoms with Crippen LogP contribution in [0.25, 0.3) is 0 Å². The van der Waals surface area contributed by atoms with Crippen LogP contribution >= 0.6 is 0 Å². The Labute approximate surface area is 150 Å². The molecule has 26 heavy (non-hydrogen) atoms. The lowest BCUT2D eigenvalue weighted by Crippen LogP contribution is -2.39. The number of Topliss-reactive ketones (excluding diaryl/α,β-unsaturated/α-hetero) is 1. The summed E-state index contributed by atoms with van der Waals surface area (Å²) in [7, 11) is 1.39. The Morgan fingerprint density at radius 1 is 1.15 bits per heavy atom. The van der Waals surface area contributed by atoms with E-state index in [1.807, 2.05) is 0 Å². The van der Waals surface area contributed by atoms with Crippen LogP contribution in [-0.4, -0.2) is 41.6 Å². The van der Waals surface area contributed by atoms with Crippen molar-refractivity contribution in [3.63, 3.8) is 0 Å². The second-order valence-corrected chi connectivity index (χ2v) is 6.81. The number of ketones is 1. The fourth-order valence-electron chi connectivity index (χ4n) is 3.83. The van der Waals surface area contributed by atoms with E-state index in [0.717, 1.165) is 24.2 Å². The fraction of sp³-hybridized carbons (Fsp3) is 0.368. The first-order valence-electron chi connectivity index (χ1n) is 8.65. The van der Waals surface area contributed by atoms with Gasteiger partial charge in [-0.3, -0.25) is 24.1 Å². The fourth-order valence-corrected chi connectivity index (χ4v) is 3.83. The molecular weight excluding hydrogens is 336 g/mol. The Morgan fingerprint density at radius 3 is 2.73 bits per heavy atom. The van der Waals surface area contributed by atoms with Gasteiger partial charge in [0.25, 0.3) is 17.7 Å². The highest BCUT2D eigenvalue weighted by Crippen LogP contribution is 2.34. The van der Waals surface area contributed by atoms with E-state index in [4.69, 9.17) is 4.74 Å². The summed E-state index contributed by atoms with van der Waals surface area (Å²) in [5.74, 6) is -2.02. The van der Waals surface area contributed by atoms with Crippen molar-refractivity contribution in [1.29, 1.82) is 0 Å². The van der Waals surface area contributed by atoms with E-state index in [-0.39, 0.29) is 40.2 Å². The SMILES string of the molecule is CN1C(=O)c2cccc(NC(=O)C3=COC4CCCCC4C3=O)c2C1=O. The van der Waals surface area contributed by atoms with Crippen LogP contribution in [0.3, 0.4) is 0 Å². The number of amides is 3. The van der Waals surface area contributed by atoms with Gasteiger partial charge >= 0.3 is 0 Å². The van der Waals surface area contributed by atoms with Crippen LogP contribution in [0.4, 0.5) is 5.69 Å². The maximum atomic E-state index is 12.7. The summed E-state index contributed by atoms with van der Waals surface area (Å²) in [6, 6.07) is 4.66. The zero-order valence-corrected chi connectivity index (χ0v) is 14.3. The normalized spacial score (nSPS) is 24.6. The van der Waals surface area contributed by atoms with Gasteiger partial charge in [0, 0.05) is 7.05 Å². The minimum absolute atomic E-state index is 0.0455. The van der Waals surface area contributed by atoms with Gasteiger partial charge in [0.15, 0.2) is 5.78 Å². The molecule has 134 valence electrons. The number of carbonyl (C=O) groups is 4. The zero-order valence-electron chi connectivity index (χ0n) is 14.3. The van der Waals surface area contributed by atoms with Gasteiger partial charge in [0.05, 0.1) is 29.0 Å². The Balaban J connectivity index is 1.61. The number of nitrogens with zero attached hydrogens (tertiary/aromatic N) is 1. The molecule has 2 unspecified atom stereocenters. The lowest BCUT2D eigenvalue weighted by molar-refractivity contribution is -0.129. The number of hydrogen-bond acceptors (Lipinski definition) is 5. The summed E-state index contributed by atoms with van der Waals surface area (Å²) >= 11 is 0. The number of imide groups is 1. The largest absolute Gasteiger partial charge is 0.496 e. The van der Waals surface area contributed by atoms with Gasteiger partial charge in [-0.2, -0.15) is 0 Å². The first-order chi connectivity index (χ1) is 12.5. The quantitative estimate of drug-likeness (QED) is 0.647. The number of hydrogen-bond donors (Lipinski definition) is 1. The van der Waals surface area contributed by atoms with E-state index in [2.05, 4.69) is 5.32 Å². The highest BCUT2D eigenvalue weighted by Gasteiger charge is 2.40. The Hall–Kier alpha value is -2.96. The molecule has 1 aromatic rings. The van der Waals surface area contributed by atoms with E-state index >= 15 is 0 Å². The van der Waals surface area contributed by atoms with Crippen molar-refractivity contribution in [3.05, 3.63) is 41.2 Å². The summed E-state index contributed by atoms with van der Waals surface area (Å²) < 4.78 is 5.60. The second-order valence-electron chi connectivity index (χ2n) is 6.81. The molecule has 2 heterocycles. The molecule has 0 spiro atoms. The lowest BCUT2D eigenvalue weighted by atomic mass is 9.80. The van der Waals surface area contributed by atoms with Crippen molar-refractivity contribution >= 4 is 29.2 Å². The van der Waals surface area contributed by atoms with Crippen molar-refractivity contribution in [2.45, 2.75) is 31.8 Å². The van der Waals surface area contributed by atoms with Gasteiger partial charge in [-0.1, -0.05) is 12.5 Å². The molecule has 7 heteroatoms. The van der Waals surface area contributed by atoms with Crippen LogP contribution in [0, 0.1) is 5.92 Å². The lowest BCUT2D eigenvalue weighted by Gasteiger charge is -2.33. The van der Waals surface area contributed by atoms with Crippen LogP contribution in [-0.2, 0) is 14.3 Å². The zero-order chi connectivity index (χ0) is 18.4. The molecule has 1 aromatic carbocycles. The smallest absolute Gasteiger partial charge is 0.263 e. The summed E-state index contributed by atoms with van der Waals surface area (Å²) in [5, 5.41) is 2.60. The van der Waals surface area contributed by atoms with Gasteiger partial charge in [-0.25, -0.2) is 0 Å². The molecule has 0 saturated heterocycles. The third kappa shape index (κ3) is 2.42. The number of ether oxygens (including phenoxy) is 1. The van der Waals surface area contributed by atoms with Gasteiger partial charge in [-0.15, -0.1) is 0 Å². The van der Waals surface area contributed by atoms with Crippen LogP contribution in [0.5, 0.6) is 0 Å². The van der Waals surface area contributed by atoms with Crippen molar-refractivity contribution in [2.24, 2.45) is 5.92 Å². The highest BCUT2D eigenvalue weighted by molar-refractivity contribution is 6.27. The molecule has 1 fully saturated rings. The molecule has 7 nitrogen and oxygen atoms in total. The molecule has 1 N–H and O–H groups in total. The molecule has 0 aromatic heterocycles. The molecule has 2 atom stereocenters. The molecule has 3 aliphatic rings. The summed E-state index contributed by atoms with van der Waals surface area (Å²) in [5.41, 5.74) is 0.557. The molecule has 1 saturated carbocycles. The summed E-state index contributed by atoms with van der Waals surface area (Å²) in [6.07, 6.45) is 4.57. The number of rotatable bonds is 2. The third-order valence-corrected chi connectivity index (χ3v) is 5.28. The Kier molecular flexibility index (Phi) is 3.86. The molecule has 0 bridgehead atoms. The number of carbonyl (C=O) groups excluding carboxylic acids is 4. The van der Waals surface area contributed by atoms with Crippen LogP contribution in [0.1, 0.15) is 46.4 Å². The van der Waals surface area contributed by atoms with E-state index < -0.39 is 17.7 Å². The van der Waals surface area contributed by atoms with E-state index in [9.17, 15) is 19.2 Å². The van der Waals surface area contributed by atoms with Crippen LogP contribution < -0.4 is 5.32 Å². The standard InChI is InChI=1S/C19H18N2O5/c1-21-18(24)11-6-4-7-13(15(11)19(21)25)20-17(23)12-9-26-14-8-3-2-5-10(14)16(12)22/h4,6-7,9-10,14H,2-3,5,8H2,1H3,(H,20,23). The number of fused-ring (bicyclic) bond motifs is 2. The van der Waals surface area contributed by atoms with Crippen LogP contribution in [0.15, 0.2) is 30.0 Å². The first-order valence-corrected chi connectivity index (χ1v) is 8.65. The van der Waals surface area contributed by atoms with Gasteiger partial charge in [0.1, 0.15) is 11.7 Å². The minimum atomic E-state index is -0.623. The molecule has 0 radical (unpaired) electrons. The minimum Gasteiger partial charge on any atom is -0.496 e. The third-order valence-electron chi connectivity index (χ3n) is 5.28. The number of nitrogens with one attached hydrogen (secondary N) is 1. The first kappa shape index (κ1) is 16.5. The Bertz CT molecular complexity index is 873. The van der Waals surface area contributed by atoms with Gasteiger partial charge in [-0.05, 0) is 31.4 Å². The van der Waals surface area contributed by atoms with Gasteiger partial charge in [0.2, 0.25) is 0 Å². The molecule has 1 aliphatic carbocycles. The topological polar surface area (TPSA) is 92.8 Å². The average molecular weight is 354 g/mol. The predicted molar refractivity (Wildman–Crippen MR) is 91.4 cm³/mol. The van der Waals surface area contributed by atoms with Crippen LogP contribution in [0.2, 0.25) is 0 Å². The predicted octanol–water partition coefficient (Wildman–Crippen LogP) is 1.89. The molecular formula is C19H18N2O5. The van der Waals surface area contributed by atoms with Gasteiger partial charge < -0.3 is 10.1 Å². The monoisotopic (exact) mass is 354 g/mol. The molecule has 4 rings (SSSR count). The maximum Gasteiger partial charge on any atom is 0.263 e. The van der Waals surface area contributed by atoms with E-state index in [1.165, 1.54) is 19.4 Å². The Morgan fingerprint density at radius 2 is 1.92 bits per heavy atom. The van der Waals surface area contributed by atoms with Crippen molar-refractivity contribution in [1.82, 2.24) is 4.90 Å². The maximum absolute atomic E-state index is 12.7. The summed E-state index contributed by atoms with van der Waals surface area (Å²) in [4.78, 5) is 50.6. The van der Waals surface area contributed by atoms with E-state index in [1.54, 1.807) is 12.1 Å².